The summed E-state index contributed by atoms with van der Waals surface area (Å²) in [5.41, 5.74) is 0. The molecule has 2 unspecified atom stereocenters. The summed E-state index contributed by atoms with van der Waals surface area (Å²) in [7, 11) is 0. The van der Waals surface area contributed by atoms with Crippen LogP contribution in [0, 0.1) is 0 Å². The van der Waals surface area contributed by atoms with E-state index in [1.165, 1.54) is 25.9 Å². The van der Waals surface area contributed by atoms with Gasteiger partial charge in [0.15, 0.2) is 0 Å². The van der Waals surface area contributed by atoms with Crippen molar-refractivity contribution in [1.82, 2.24) is 15.1 Å². The van der Waals surface area contributed by atoms with Crippen molar-refractivity contribution in [2.45, 2.75) is 64.6 Å². The van der Waals surface area contributed by atoms with Crippen LogP contribution in [0.2, 0.25) is 0 Å². The first-order valence-electron chi connectivity index (χ1n) is 8.05. The Kier molecular flexibility index (Phi) is 5.64. The summed E-state index contributed by atoms with van der Waals surface area (Å²) in [6, 6.07) is 0.0586. The molecule has 1 N–H and O–H groups in total. The molecule has 110 valence electrons. The van der Waals surface area contributed by atoms with Crippen LogP contribution in [0.5, 0.6) is 0 Å². The molecular weight excluding hydrogens is 238 g/mol. The summed E-state index contributed by atoms with van der Waals surface area (Å²) in [6.07, 6.45) is 7.20. The van der Waals surface area contributed by atoms with Crippen molar-refractivity contribution in [3.05, 3.63) is 0 Å². The van der Waals surface area contributed by atoms with E-state index in [9.17, 15) is 4.79 Å². The van der Waals surface area contributed by atoms with Gasteiger partial charge < -0.3 is 9.80 Å². The number of rotatable bonds is 7. The minimum atomic E-state index is 0.0586. The van der Waals surface area contributed by atoms with E-state index in [4.69, 9.17) is 0 Å². The van der Waals surface area contributed by atoms with Crippen LogP contribution >= 0.6 is 0 Å². The first-order valence-corrected chi connectivity index (χ1v) is 8.05. The second kappa shape index (κ2) is 7.25. The Balaban J connectivity index is 1.79. The second-order valence-electron chi connectivity index (χ2n) is 5.87. The zero-order valence-electron chi connectivity index (χ0n) is 12.5. The topological polar surface area (TPSA) is 35.6 Å². The Bertz CT molecular complexity index is 289. The van der Waals surface area contributed by atoms with Crippen molar-refractivity contribution in [2.75, 3.05) is 26.2 Å². The molecule has 1 amide bonds. The van der Waals surface area contributed by atoms with E-state index in [2.05, 4.69) is 29.0 Å². The molecule has 0 aromatic carbocycles. The maximum atomic E-state index is 12.3. The van der Waals surface area contributed by atoms with Gasteiger partial charge in [-0.2, -0.15) is 0 Å². The monoisotopic (exact) mass is 267 g/mol. The van der Waals surface area contributed by atoms with Gasteiger partial charge in [-0.3, -0.25) is 10.1 Å². The predicted molar refractivity (Wildman–Crippen MR) is 77.9 cm³/mol. The zero-order chi connectivity index (χ0) is 13.7. The van der Waals surface area contributed by atoms with Gasteiger partial charge in [-0.05, 0) is 51.7 Å². The highest BCUT2D eigenvalue weighted by molar-refractivity contribution is 5.84. The van der Waals surface area contributed by atoms with Crippen molar-refractivity contribution < 1.29 is 4.79 Å². The molecule has 2 fully saturated rings. The molecule has 0 spiro atoms. The van der Waals surface area contributed by atoms with Crippen LogP contribution in [-0.2, 0) is 4.79 Å². The summed E-state index contributed by atoms with van der Waals surface area (Å²) >= 11 is 0. The van der Waals surface area contributed by atoms with Gasteiger partial charge in [0.1, 0.15) is 0 Å². The number of nitrogens with zero attached hydrogens (tertiary/aromatic N) is 2. The Morgan fingerprint density at radius 1 is 1.21 bits per heavy atom. The number of carbonyl (C=O) groups is 1. The van der Waals surface area contributed by atoms with Crippen molar-refractivity contribution in [3.8, 4) is 0 Å². The largest absolute Gasteiger partial charge is 0.326 e. The van der Waals surface area contributed by atoms with Crippen LogP contribution in [0.4, 0.5) is 0 Å². The third-order valence-corrected chi connectivity index (χ3v) is 4.39. The lowest BCUT2D eigenvalue weighted by atomic mass is 10.2. The fourth-order valence-corrected chi connectivity index (χ4v) is 3.29. The van der Waals surface area contributed by atoms with Gasteiger partial charge in [-0.15, -0.1) is 0 Å². The molecule has 0 aliphatic carbocycles. The molecule has 2 atom stereocenters. The summed E-state index contributed by atoms with van der Waals surface area (Å²) in [4.78, 5) is 16.9. The van der Waals surface area contributed by atoms with Gasteiger partial charge in [0.25, 0.3) is 0 Å². The average Bonchev–Trinajstić information content (AvgIpc) is 3.01. The van der Waals surface area contributed by atoms with Gasteiger partial charge in [0, 0.05) is 6.54 Å². The van der Waals surface area contributed by atoms with Gasteiger partial charge in [0.05, 0.1) is 12.2 Å². The van der Waals surface area contributed by atoms with Gasteiger partial charge in [0.2, 0.25) is 5.91 Å². The molecule has 4 nitrogen and oxygen atoms in total. The van der Waals surface area contributed by atoms with E-state index in [0.29, 0.717) is 5.91 Å². The Morgan fingerprint density at radius 2 is 1.95 bits per heavy atom. The highest BCUT2D eigenvalue weighted by Gasteiger charge is 2.36. The third kappa shape index (κ3) is 3.69. The fraction of sp³-hybridized carbons (Fsp3) is 0.933. The van der Waals surface area contributed by atoms with E-state index in [1.807, 2.05) is 0 Å². The van der Waals surface area contributed by atoms with Crippen molar-refractivity contribution in [3.63, 3.8) is 0 Å². The number of amides is 1. The van der Waals surface area contributed by atoms with Gasteiger partial charge in [-0.25, -0.2) is 0 Å². The van der Waals surface area contributed by atoms with Crippen LogP contribution < -0.4 is 5.32 Å². The van der Waals surface area contributed by atoms with Crippen LogP contribution in [-0.4, -0.2) is 54.1 Å². The van der Waals surface area contributed by atoms with Gasteiger partial charge in [-0.1, -0.05) is 20.3 Å². The van der Waals surface area contributed by atoms with Crippen molar-refractivity contribution in [1.29, 1.82) is 0 Å². The smallest absolute Gasteiger partial charge is 0.241 e. The van der Waals surface area contributed by atoms with Crippen LogP contribution in [0.15, 0.2) is 0 Å². The number of likely N-dealkylation sites (tertiary alicyclic amines) is 1. The van der Waals surface area contributed by atoms with Crippen molar-refractivity contribution in [2.24, 2.45) is 0 Å². The number of hydrogen-bond donors (Lipinski definition) is 1. The molecule has 0 bridgehead atoms. The molecule has 19 heavy (non-hydrogen) atoms. The quantitative estimate of drug-likeness (QED) is 0.764. The van der Waals surface area contributed by atoms with Crippen LogP contribution in [0.3, 0.4) is 0 Å². The number of carbonyl (C=O) groups excluding carboxylic acids is 1. The molecular formula is C15H29N3O. The SMILES string of the molecule is CCCC1NC(CC)C(=O)N1CCCN1CCCC1. The minimum Gasteiger partial charge on any atom is -0.326 e. The molecule has 2 aliphatic rings. The molecule has 0 saturated carbocycles. The van der Waals surface area contributed by atoms with Crippen molar-refractivity contribution >= 4 is 5.91 Å². The molecule has 2 heterocycles. The highest BCUT2D eigenvalue weighted by atomic mass is 16.2. The van der Waals surface area contributed by atoms with Crippen LogP contribution in [0.25, 0.3) is 0 Å². The molecule has 0 aromatic rings. The predicted octanol–water partition coefficient (Wildman–Crippen LogP) is 1.81. The molecule has 4 heteroatoms. The normalized spacial score (nSPS) is 28.5. The molecule has 2 rings (SSSR count). The van der Waals surface area contributed by atoms with E-state index in [0.717, 1.165) is 38.8 Å². The Morgan fingerprint density at radius 3 is 2.58 bits per heavy atom. The zero-order valence-corrected chi connectivity index (χ0v) is 12.5. The van der Waals surface area contributed by atoms with E-state index < -0.39 is 0 Å². The van der Waals surface area contributed by atoms with E-state index in [1.54, 1.807) is 0 Å². The maximum Gasteiger partial charge on any atom is 0.241 e. The Labute approximate surface area is 117 Å². The first kappa shape index (κ1) is 14.8. The first-order chi connectivity index (χ1) is 9.26. The van der Waals surface area contributed by atoms with E-state index >= 15 is 0 Å². The lowest BCUT2D eigenvalue weighted by Crippen LogP contribution is -2.39. The molecule has 0 aromatic heterocycles. The average molecular weight is 267 g/mol. The number of nitrogens with one attached hydrogen (secondary N) is 1. The standard InChI is InChI=1S/C15H29N3O/c1-3-8-14-16-13(4-2)15(19)18(14)12-7-11-17-9-5-6-10-17/h13-14,16H,3-12H2,1-2H3. The van der Waals surface area contributed by atoms with Gasteiger partial charge >= 0.3 is 0 Å². The number of hydrogen-bond acceptors (Lipinski definition) is 3. The summed E-state index contributed by atoms with van der Waals surface area (Å²) in [5.74, 6) is 0.322. The van der Waals surface area contributed by atoms with E-state index in [-0.39, 0.29) is 12.2 Å². The lowest BCUT2D eigenvalue weighted by molar-refractivity contribution is -0.130. The molecule has 2 saturated heterocycles. The molecule has 2 aliphatic heterocycles. The summed E-state index contributed by atoms with van der Waals surface area (Å²) < 4.78 is 0. The maximum absolute atomic E-state index is 12.3. The highest BCUT2D eigenvalue weighted by Crippen LogP contribution is 2.18. The lowest BCUT2D eigenvalue weighted by Gasteiger charge is -2.25. The Hall–Kier alpha value is -0.610. The fourth-order valence-electron chi connectivity index (χ4n) is 3.29. The summed E-state index contributed by atoms with van der Waals surface area (Å²) in [6.45, 7) is 8.85. The van der Waals surface area contributed by atoms with Crippen LogP contribution in [0.1, 0.15) is 52.4 Å². The minimum absolute atomic E-state index is 0.0586. The second-order valence-corrected chi connectivity index (χ2v) is 5.87. The summed E-state index contributed by atoms with van der Waals surface area (Å²) in [5, 5.41) is 3.48. The molecule has 0 radical (unpaired) electrons. The third-order valence-electron chi connectivity index (χ3n) is 4.39.